The molecular formula is C62H100N19O24P. The van der Waals surface area contributed by atoms with E-state index in [0.717, 1.165) is 24.0 Å². The molecule has 15 amide bonds. The van der Waals surface area contributed by atoms with Gasteiger partial charge in [0.2, 0.25) is 88.6 Å². The number of rotatable bonds is 47. The van der Waals surface area contributed by atoms with Crippen molar-refractivity contribution in [2.24, 2.45) is 51.2 Å². The molecule has 43 nitrogen and oxygen atoms in total. The number of aliphatic carboxylic acids is 2. The Morgan fingerprint density at radius 1 is 0.538 bits per heavy atom. The van der Waals surface area contributed by atoms with Crippen LogP contribution in [0, 0.1) is 11.8 Å². The van der Waals surface area contributed by atoms with Gasteiger partial charge in [-0.3, -0.25) is 96.3 Å². The fourth-order valence-corrected chi connectivity index (χ4v) is 10.7. The molecular weight excluding hydrogens is 1430 g/mol. The van der Waals surface area contributed by atoms with Gasteiger partial charge in [0.25, 0.3) is 0 Å². The summed E-state index contributed by atoms with van der Waals surface area (Å²) in [5, 5.41) is 54.7. The minimum absolute atomic E-state index is 0.000505. The number of phosphoric acid groups is 1. The van der Waals surface area contributed by atoms with E-state index in [1.807, 2.05) is 0 Å². The van der Waals surface area contributed by atoms with Crippen LogP contribution >= 0.6 is 7.82 Å². The first-order valence-electron chi connectivity index (χ1n) is 33.5. The lowest BCUT2D eigenvalue weighted by molar-refractivity contribution is -0.142. The van der Waals surface area contributed by atoms with E-state index in [0.29, 0.717) is 0 Å². The highest BCUT2D eigenvalue weighted by Crippen LogP contribution is 2.37. The van der Waals surface area contributed by atoms with Gasteiger partial charge in [-0.05, 0) is 102 Å². The third-order valence-corrected chi connectivity index (χ3v) is 16.3. The van der Waals surface area contributed by atoms with Crippen molar-refractivity contribution in [3.63, 3.8) is 0 Å². The molecule has 44 heteroatoms. The Balaban J connectivity index is 2.57. The summed E-state index contributed by atoms with van der Waals surface area (Å²) in [6.45, 7) is 9.00. The molecule has 13 atom stereocenters. The van der Waals surface area contributed by atoms with Crippen molar-refractivity contribution in [2.75, 3.05) is 19.7 Å². The quantitative estimate of drug-likeness (QED) is 0.0125. The maximum Gasteiger partial charge on any atom is 0.524 e. The Morgan fingerprint density at radius 2 is 0.991 bits per heavy atom. The molecule has 1 fully saturated rings. The van der Waals surface area contributed by atoms with Crippen LogP contribution in [-0.2, 0) is 92.5 Å². The minimum Gasteiger partial charge on any atom is -0.481 e. The monoisotopic (exact) mass is 1530 g/mol. The van der Waals surface area contributed by atoms with E-state index in [-0.39, 0.29) is 68.9 Å². The molecule has 1 aromatic carbocycles. The predicted octanol–water partition coefficient (Wildman–Crippen LogP) is -8.48. The SMILES string of the molecule is CC(C)C[C@H](NC(=O)[C@H](Cc1ccc(OP(=O)(O)O)cc1)NC(=O)[C@H](CCC(=O)O)NC(=O)[C@H](C)NC(=O)[C@H](CC(N)=O)NC(=O)[C@H](CCC(=O)O)NC(=O)[C@H](C)N)C(=O)N[C@@H](CCCN=C(N)N)C(=O)N[C@H](C(=O)N[C@@H](C)C(=O)N1CCC[C@H]1C(=O)N[C@@H](CCC(N)=O)C(=O)N[C@@H](CO)C(N)=O)C(C)C. The first-order valence-corrected chi connectivity index (χ1v) is 35.1. The molecule has 1 saturated heterocycles. The standard InChI is InChI=1S/C62H100N19O24P/c1-28(2)24-39(57(97)74-35(10-8-22-69-62(67)68)55(95)80-48(29(3)4)60(100)71-32(7)61(101)81-23-9-11-43(81)59(99)75-36(16-19-44(64)83)54(94)79-42(27-82)49(66)89)76-58(98)40(25-33-12-14-34(15-13-33)105-106(102,103)104)77-53(93)38(18-21-47(87)88)73-51(91)31(6)70-56(96)41(26-45(65)84)78-52(92)37(17-20-46(85)86)72-50(90)30(5)63/h12-15,28-32,35-43,48,82H,8-11,16-27,63H2,1-7H3,(H2,64,83)(H2,65,84)(H2,66,89)(H,70,96)(H,71,100)(H,72,90)(H,73,91)(H,74,97)(H,75,99)(H,76,98)(H,77,93)(H,78,92)(H,79,94)(H,80,95)(H,85,86)(H,87,88)(H4,67,68,69)(H2,102,103,104)/t30-,31-,32-,35-,36-,37-,38-,39-,40-,41-,42-,43-,48-/m0/s1. The molecule has 0 saturated carbocycles. The van der Waals surface area contributed by atoms with Crippen molar-refractivity contribution in [3.8, 4) is 5.75 Å². The molecule has 0 unspecified atom stereocenters. The summed E-state index contributed by atoms with van der Waals surface area (Å²) >= 11 is 0. The number of primary amides is 3. The van der Waals surface area contributed by atoms with Gasteiger partial charge in [0.15, 0.2) is 5.96 Å². The molecule has 0 radical (unpaired) electrons. The summed E-state index contributed by atoms with van der Waals surface area (Å²) in [6, 6.07) is -15.7. The number of guanidine groups is 1. The van der Waals surface area contributed by atoms with Gasteiger partial charge in [0.05, 0.1) is 19.1 Å². The molecule has 28 N–H and O–H groups in total. The summed E-state index contributed by atoms with van der Waals surface area (Å²) < 4.78 is 16.3. The van der Waals surface area contributed by atoms with Gasteiger partial charge in [0.1, 0.15) is 78.3 Å². The molecule has 1 heterocycles. The molecule has 592 valence electrons. The number of hydrogen-bond donors (Lipinski definition) is 22. The second kappa shape index (κ2) is 44.2. The lowest BCUT2D eigenvalue weighted by Gasteiger charge is -2.30. The molecule has 106 heavy (non-hydrogen) atoms. The largest absolute Gasteiger partial charge is 0.524 e. The Morgan fingerprint density at radius 3 is 1.48 bits per heavy atom. The highest BCUT2D eigenvalue weighted by atomic mass is 31.2. The number of aliphatic hydroxyl groups excluding tert-OH is 1. The van der Waals surface area contributed by atoms with Crippen LogP contribution in [0.1, 0.15) is 131 Å². The smallest absolute Gasteiger partial charge is 0.481 e. The summed E-state index contributed by atoms with van der Waals surface area (Å²) in [7, 11) is -5.10. The van der Waals surface area contributed by atoms with Crippen LogP contribution in [0.4, 0.5) is 0 Å². The van der Waals surface area contributed by atoms with Crippen LogP contribution in [0.3, 0.4) is 0 Å². The number of benzene rings is 1. The first-order chi connectivity index (χ1) is 49.3. The van der Waals surface area contributed by atoms with Crippen LogP contribution in [0.2, 0.25) is 0 Å². The van der Waals surface area contributed by atoms with Crippen LogP contribution in [0.15, 0.2) is 29.3 Å². The van der Waals surface area contributed by atoms with E-state index in [4.69, 9.17) is 34.4 Å². The lowest BCUT2D eigenvalue weighted by Crippen LogP contribution is -2.61. The normalized spacial score (nSPS) is 16.0. The molecule has 0 spiro atoms. The minimum atomic E-state index is -5.10. The van der Waals surface area contributed by atoms with Crippen molar-refractivity contribution < 1.29 is 116 Å². The van der Waals surface area contributed by atoms with Crippen molar-refractivity contribution in [1.29, 1.82) is 0 Å². The number of carboxylic acids is 2. The average molecular weight is 1530 g/mol. The van der Waals surface area contributed by atoms with Crippen LogP contribution in [0.25, 0.3) is 0 Å². The number of nitrogens with zero attached hydrogens (tertiary/aromatic N) is 2. The summed E-state index contributed by atoms with van der Waals surface area (Å²) in [4.78, 5) is 250. The molecule has 1 aliphatic heterocycles. The van der Waals surface area contributed by atoms with E-state index in [2.05, 4.69) is 68.0 Å². The number of nitrogens with two attached hydrogens (primary N) is 6. The van der Waals surface area contributed by atoms with Crippen LogP contribution in [-0.4, -0.2) is 235 Å². The number of aliphatic hydroxyl groups is 1. The fraction of sp³-hybridized carbons (Fsp3) is 0.613. The number of phosphoric ester groups is 1. The van der Waals surface area contributed by atoms with E-state index in [9.17, 15) is 111 Å². The number of carbonyl (C=O) groups excluding carboxylic acids is 15. The Kier molecular flexibility index (Phi) is 38.1. The van der Waals surface area contributed by atoms with Crippen LogP contribution < -0.4 is 97.4 Å². The number of hydrogen-bond acceptors (Lipinski definition) is 22. The maximum atomic E-state index is 14.8. The van der Waals surface area contributed by atoms with Gasteiger partial charge in [-0.1, -0.05) is 39.8 Å². The number of carboxylic acid groups (broad SMARTS) is 2. The van der Waals surface area contributed by atoms with Gasteiger partial charge in [-0.25, -0.2) is 4.57 Å². The molecule has 0 bridgehead atoms. The highest BCUT2D eigenvalue weighted by molar-refractivity contribution is 7.46. The number of carbonyl (C=O) groups is 17. The zero-order valence-corrected chi connectivity index (χ0v) is 60.5. The van der Waals surface area contributed by atoms with Crippen molar-refractivity contribution in [2.45, 2.75) is 210 Å². The second-order valence-corrected chi connectivity index (χ2v) is 27.0. The fourth-order valence-electron chi connectivity index (χ4n) is 10.3. The highest BCUT2D eigenvalue weighted by Gasteiger charge is 2.41. The van der Waals surface area contributed by atoms with Crippen molar-refractivity contribution in [1.82, 2.24) is 63.4 Å². The zero-order chi connectivity index (χ0) is 80.6. The maximum absolute atomic E-state index is 14.8. The van der Waals surface area contributed by atoms with E-state index in [1.54, 1.807) is 13.8 Å². The third-order valence-electron chi connectivity index (χ3n) is 15.9. The predicted molar refractivity (Wildman–Crippen MR) is 370 cm³/mol. The molecule has 0 aliphatic carbocycles. The number of nitrogens with one attached hydrogen (secondary N) is 11. The first kappa shape index (κ1) is 91.4. The topological polar surface area (TPSA) is 722 Å². The average Bonchev–Trinajstić information content (AvgIpc) is 1.62. The van der Waals surface area contributed by atoms with Crippen molar-refractivity contribution >= 4 is 114 Å². The summed E-state index contributed by atoms with van der Waals surface area (Å²) in [5.41, 5.74) is 32.7. The third kappa shape index (κ3) is 33.4. The van der Waals surface area contributed by atoms with E-state index < -0.39 is 250 Å². The summed E-state index contributed by atoms with van der Waals surface area (Å²) in [6.07, 6.45) is -4.99. The van der Waals surface area contributed by atoms with Gasteiger partial charge in [0, 0.05) is 38.8 Å². The Labute approximate surface area is 608 Å². The molecule has 0 aromatic heterocycles. The molecule has 1 aromatic rings. The summed E-state index contributed by atoms with van der Waals surface area (Å²) in [5.74, 6) is -20.3. The Bertz CT molecular complexity index is 3410. The molecule has 2 rings (SSSR count). The van der Waals surface area contributed by atoms with Crippen LogP contribution in [0.5, 0.6) is 5.75 Å². The number of likely N-dealkylation sites (tertiary alicyclic amines) is 1. The van der Waals surface area contributed by atoms with Gasteiger partial charge >= 0.3 is 19.8 Å². The number of amides is 15. The number of aliphatic imine (C=N–C) groups is 1. The van der Waals surface area contributed by atoms with Gasteiger partial charge in [-0.15, -0.1) is 0 Å². The lowest BCUT2D eigenvalue weighted by atomic mass is 9.99. The van der Waals surface area contributed by atoms with E-state index in [1.165, 1.54) is 39.8 Å². The second-order valence-electron chi connectivity index (χ2n) is 25.8. The van der Waals surface area contributed by atoms with Gasteiger partial charge < -0.3 is 118 Å². The zero-order valence-electron chi connectivity index (χ0n) is 59.6. The van der Waals surface area contributed by atoms with Crippen molar-refractivity contribution in [3.05, 3.63) is 29.8 Å². The molecule has 1 aliphatic rings. The Hall–Kier alpha value is -10.6. The van der Waals surface area contributed by atoms with E-state index >= 15 is 0 Å². The van der Waals surface area contributed by atoms with Gasteiger partial charge in [-0.2, -0.15) is 0 Å².